The van der Waals surface area contributed by atoms with Gasteiger partial charge in [-0.3, -0.25) is 4.90 Å². The molecule has 1 heterocycles. The van der Waals surface area contributed by atoms with Crippen molar-refractivity contribution in [3.8, 4) is 0 Å². The van der Waals surface area contributed by atoms with Gasteiger partial charge in [0.25, 0.3) is 0 Å². The zero-order valence-electron chi connectivity index (χ0n) is 6.93. The minimum Gasteiger partial charge on any atom is -0.411 e. The van der Waals surface area contributed by atoms with E-state index in [1.807, 2.05) is 6.92 Å². The molecule has 0 aromatic rings. The number of rotatable bonds is 1. The molecule has 5 heteroatoms. The van der Waals surface area contributed by atoms with Crippen LogP contribution in [-0.2, 0) is 0 Å². The molecule has 0 saturated carbocycles. The Morgan fingerprint density at radius 3 is 2.75 bits per heavy atom. The first kappa shape index (κ1) is 9.38. The summed E-state index contributed by atoms with van der Waals surface area (Å²) in [5, 5.41) is 10.9. The number of piperidine rings is 1. The number of nitrogens with zero attached hydrogens (tertiary/aromatic N) is 2. The molecule has 0 bridgehead atoms. The maximum atomic E-state index is 13.0. The van der Waals surface area contributed by atoms with Gasteiger partial charge in [-0.2, -0.15) is 8.78 Å². The first-order chi connectivity index (χ1) is 5.60. The van der Waals surface area contributed by atoms with Crippen LogP contribution in [0.1, 0.15) is 13.3 Å². The summed E-state index contributed by atoms with van der Waals surface area (Å²) in [5.41, 5.74) is -0.396. The average molecular weight is 178 g/mol. The van der Waals surface area contributed by atoms with Gasteiger partial charge in [0.1, 0.15) is 5.71 Å². The van der Waals surface area contributed by atoms with Gasteiger partial charge < -0.3 is 5.21 Å². The Balaban J connectivity index is 2.67. The third-order valence-corrected chi connectivity index (χ3v) is 2.08. The van der Waals surface area contributed by atoms with Gasteiger partial charge in [-0.25, -0.2) is 0 Å². The van der Waals surface area contributed by atoms with E-state index in [2.05, 4.69) is 5.16 Å². The maximum Gasteiger partial charge on any atom is 0.301 e. The van der Waals surface area contributed by atoms with Crippen LogP contribution in [0, 0.1) is 0 Å². The Morgan fingerprint density at radius 1 is 1.67 bits per heavy atom. The second-order valence-electron chi connectivity index (χ2n) is 2.87. The van der Waals surface area contributed by atoms with Crippen molar-refractivity contribution in [2.75, 3.05) is 19.6 Å². The van der Waals surface area contributed by atoms with Gasteiger partial charge in [0.2, 0.25) is 0 Å². The second kappa shape index (κ2) is 3.35. The quantitative estimate of drug-likeness (QED) is 0.483. The van der Waals surface area contributed by atoms with Crippen molar-refractivity contribution in [1.29, 1.82) is 0 Å². The zero-order valence-corrected chi connectivity index (χ0v) is 6.93. The smallest absolute Gasteiger partial charge is 0.301 e. The largest absolute Gasteiger partial charge is 0.411 e. The lowest BCUT2D eigenvalue weighted by atomic mass is 10.1. The number of likely N-dealkylation sites (tertiary alicyclic amines) is 1. The normalized spacial score (nSPS) is 27.8. The van der Waals surface area contributed by atoms with Crippen molar-refractivity contribution in [2.24, 2.45) is 5.16 Å². The van der Waals surface area contributed by atoms with Crippen LogP contribution in [0.15, 0.2) is 5.16 Å². The van der Waals surface area contributed by atoms with Gasteiger partial charge in [0.15, 0.2) is 0 Å². The van der Waals surface area contributed by atoms with Gasteiger partial charge in [0.05, 0.1) is 6.54 Å². The summed E-state index contributed by atoms with van der Waals surface area (Å²) in [6, 6.07) is 0. The average Bonchev–Trinajstić information content (AvgIpc) is 2.02. The molecule has 1 rings (SSSR count). The summed E-state index contributed by atoms with van der Waals surface area (Å²) in [4.78, 5) is 1.63. The minimum atomic E-state index is -2.96. The molecule has 0 atom stereocenters. The lowest BCUT2D eigenvalue weighted by Crippen LogP contribution is -2.48. The molecule has 1 fully saturated rings. The third-order valence-electron chi connectivity index (χ3n) is 2.08. The lowest BCUT2D eigenvalue weighted by molar-refractivity contribution is 0.0160. The van der Waals surface area contributed by atoms with Gasteiger partial charge >= 0.3 is 5.92 Å². The topological polar surface area (TPSA) is 35.8 Å². The van der Waals surface area contributed by atoms with E-state index in [1.165, 1.54) is 0 Å². The fourth-order valence-electron chi connectivity index (χ4n) is 1.29. The Hall–Kier alpha value is -0.710. The van der Waals surface area contributed by atoms with E-state index in [0.29, 0.717) is 13.1 Å². The Kier molecular flexibility index (Phi) is 2.62. The maximum absolute atomic E-state index is 13.0. The van der Waals surface area contributed by atoms with Crippen LogP contribution in [0.3, 0.4) is 0 Å². The highest BCUT2D eigenvalue weighted by atomic mass is 19.3. The SMILES string of the molecule is CCN1CC/C(=N/O)C(F)(F)C1. The second-order valence-corrected chi connectivity index (χ2v) is 2.87. The number of alkyl halides is 2. The Bertz CT molecular complexity index is 194. The summed E-state index contributed by atoms with van der Waals surface area (Å²) in [6.45, 7) is 2.65. The van der Waals surface area contributed by atoms with Crippen LogP contribution in [0.2, 0.25) is 0 Å². The molecular weight excluding hydrogens is 166 g/mol. The van der Waals surface area contributed by atoms with Crippen molar-refractivity contribution in [3.05, 3.63) is 0 Å². The monoisotopic (exact) mass is 178 g/mol. The number of hydrogen-bond donors (Lipinski definition) is 1. The Morgan fingerprint density at radius 2 is 2.33 bits per heavy atom. The first-order valence-corrected chi connectivity index (χ1v) is 3.91. The van der Waals surface area contributed by atoms with Crippen LogP contribution in [-0.4, -0.2) is 41.4 Å². The van der Waals surface area contributed by atoms with E-state index < -0.39 is 11.6 Å². The highest BCUT2D eigenvalue weighted by molar-refractivity contribution is 5.91. The minimum absolute atomic E-state index is 0.150. The third kappa shape index (κ3) is 1.72. The van der Waals surface area contributed by atoms with Crippen LogP contribution < -0.4 is 0 Å². The highest BCUT2D eigenvalue weighted by Gasteiger charge is 2.41. The van der Waals surface area contributed by atoms with E-state index in [1.54, 1.807) is 4.90 Å². The van der Waals surface area contributed by atoms with E-state index in [4.69, 9.17) is 5.21 Å². The van der Waals surface area contributed by atoms with Gasteiger partial charge in [-0.1, -0.05) is 12.1 Å². The molecular formula is C7H12F2N2O. The summed E-state index contributed by atoms with van der Waals surface area (Å²) < 4.78 is 25.9. The van der Waals surface area contributed by atoms with Crippen molar-refractivity contribution in [3.63, 3.8) is 0 Å². The predicted molar refractivity (Wildman–Crippen MR) is 40.9 cm³/mol. The van der Waals surface area contributed by atoms with E-state index in [0.717, 1.165) is 0 Å². The summed E-state index contributed by atoms with van der Waals surface area (Å²) in [6.07, 6.45) is 0.150. The molecule has 0 aromatic heterocycles. The number of halogens is 2. The van der Waals surface area contributed by atoms with E-state index >= 15 is 0 Å². The van der Waals surface area contributed by atoms with Crippen LogP contribution >= 0.6 is 0 Å². The predicted octanol–water partition coefficient (Wildman–Crippen LogP) is 1.18. The van der Waals surface area contributed by atoms with Gasteiger partial charge in [-0.05, 0) is 6.54 Å². The summed E-state index contributed by atoms with van der Waals surface area (Å²) >= 11 is 0. The Labute approximate surface area is 69.7 Å². The number of oxime groups is 1. The molecule has 0 aromatic carbocycles. The van der Waals surface area contributed by atoms with Crippen LogP contribution in [0.25, 0.3) is 0 Å². The van der Waals surface area contributed by atoms with E-state index in [-0.39, 0.29) is 13.0 Å². The van der Waals surface area contributed by atoms with E-state index in [9.17, 15) is 8.78 Å². The summed E-state index contributed by atoms with van der Waals surface area (Å²) in [7, 11) is 0. The molecule has 0 spiro atoms. The molecule has 0 unspecified atom stereocenters. The van der Waals surface area contributed by atoms with Crippen LogP contribution in [0.5, 0.6) is 0 Å². The van der Waals surface area contributed by atoms with Crippen molar-refractivity contribution in [1.82, 2.24) is 4.90 Å². The van der Waals surface area contributed by atoms with Crippen molar-refractivity contribution in [2.45, 2.75) is 19.3 Å². The standard InChI is InChI=1S/C7H12F2N2O/c1-2-11-4-3-6(10-12)7(8,9)5-11/h12H,2-5H2,1H3/b10-6-. The molecule has 1 aliphatic heterocycles. The fraction of sp³-hybridized carbons (Fsp3) is 0.857. The molecule has 0 amide bonds. The van der Waals surface area contributed by atoms with Gasteiger partial charge in [0, 0.05) is 13.0 Å². The van der Waals surface area contributed by atoms with Crippen LogP contribution in [0.4, 0.5) is 8.78 Å². The molecule has 1 N–H and O–H groups in total. The first-order valence-electron chi connectivity index (χ1n) is 3.91. The molecule has 3 nitrogen and oxygen atoms in total. The summed E-state index contributed by atoms with van der Waals surface area (Å²) in [5.74, 6) is -2.96. The molecule has 12 heavy (non-hydrogen) atoms. The number of hydrogen-bond acceptors (Lipinski definition) is 3. The zero-order chi connectivity index (χ0) is 9.19. The van der Waals surface area contributed by atoms with Crippen molar-refractivity contribution < 1.29 is 14.0 Å². The van der Waals surface area contributed by atoms with Gasteiger partial charge in [-0.15, -0.1) is 0 Å². The molecule has 1 saturated heterocycles. The molecule has 70 valence electrons. The van der Waals surface area contributed by atoms with Crippen molar-refractivity contribution >= 4 is 5.71 Å². The fourth-order valence-corrected chi connectivity index (χ4v) is 1.29. The highest BCUT2D eigenvalue weighted by Crippen LogP contribution is 2.24. The molecule has 0 aliphatic carbocycles. The molecule has 0 radical (unpaired) electrons. The molecule has 1 aliphatic rings. The lowest BCUT2D eigenvalue weighted by Gasteiger charge is -2.31.